The number of anilines is 1. The molecule has 1 amide bonds. The molecule has 5 heteroatoms. The fourth-order valence-electron chi connectivity index (χ4n) is 3.11. The van der Waals surface area contributed by atoms with Crippen LogP contribution in [-0.2, 0) is 4.79 Å². The summed E-state index contributed by atoms with van der Waals surface area (Å²) in [6.45, 7) is 4.69. The molecule has 1 aromatic rings. The summed E-state index contributed by atoms with van der Waals surface area (Å²) in [5.41, 5.74) is 0.803. The van der Waals surface area contributed by atoms with E-state index in [1.807, 2.05) is 31.2 Å². The van der Waals surface area contributed by atoms with Crippen molar-refractivity contribution in [3.8, 4) is 5.75 Å². The first-order chi connectivity index (χ1) is 11.2. The Kier molecular flexibility index (Phi) is 7.36. The summed E-state index contributed by atoms with van der Waals surface area (Å²) < 4.78 is 5.39. The third-order valence-corrected chi connectivity index (χ3v) is 4.27. The van der Waals surface area contributed by atoms with E-state index in [1.165, 1.54) is 12.8 Å². The average molecular weight is 320 g/mol. The average Bonchev–Trinajstić information content (AvgIpc) is 3.00. The van der Waals surface area contributed by atoms with Crippen molar-refractivity contribution < 1.29 is 14.6 Å². The van der Waals surface area contributed by atoms with Gasteiger partial charge in [-0.2, -0.15) is 0 Å². The lowest BCUT2D eigenvalue weighted by Gasteiger charge is -2.23. The molecule has 1 aromatic carbocycles. The van der Waals surface area contributed by atoms with Gasteiger partial charge in [0, 0.05) is 31.3 Å². The number of nitrogens with zero attached hydrogens (tertiary/aromatic N) is 1. The quantitative estimate of drug-likeness (QED) is 0.734. The smallest absolute Gasteiger partial charge is 0.225 e. The number of ether oxygens (including phenoxy) is 1. The monoisotopic (exact) mass is 320 g/mol. The van der Waals surface area contributed by atoms with Gasteiger partial charge >= 0.3 is 0 Å². The molecular weight excluding hydrogens is 292 g/mol. The molecular formula is C18H28N2O3. The summed E-state index contributed by atoms with van der Waals surface area (Å²) in [5, 5.41) is 11.9. The van der Waals surface area contributed by atoms with Gasteiger partial charge in [0.15, 0.2) is 0 Å². The van der Waals surface area contributed by atoms with Crippen LogP contribution in [0.3, 0.4) is 0 Å². The summed E-state index contributed by atoms with van der Waals surface area (Å²) in [6, 6.07) is 7.99. The lowest BCUT2D eigenvalue weighted by Crippen LogP contribution is -2.32. The highest BCUT2D eigenvalue weighted by Crippen LogP contribution is 2.21. The van der Waals surface area contributed by atoms with Gasteiger partial charge in [0.05, 0.1) is 6.61 Å². The Hall–Kier alpha value is -1.59. The Balaban J connectivity index is 1.74. The van der Waals surface area contributed by atoms with E-state index in [9.17, 15) is 4.79 Å². The molecule has 0 saturated carbocycles. The van der Waals surface area contributed by atoms with Crippen molar-refractivity contribution in [2.75, 3.05) is 31.6 Å². The number of likely N-dealkylation sites (tertiary alicyclic amines) is 1. The maximum absolute atomic E-state index is 12.1. The number of carbonyl (C=O) groups is 1. The standard InChI is InChI=1S/C18H28N2O3/c1-2-23-17-9-7-15(8-10-17)19-18(22)11-13-20-12-3-5-16(20)6-4-14-21/h7-10,16,21H,2-6,11-14H2,1H3,(H,19,22). The molecule has 23 heavy (non-hydrogen) atoms. The Morgan fingerprint density at radius 2 is 2.17 bits per heavy atom. The van der Waals surface area contributed by atoms with E-state index in [1.54, 1.807) is 0 Å². The number of amides is 1. The number of rotatable bonds is 9. The Labute approximate surface area is 138 Å². The molecule has 5 nitrogen and oxygen atoms in total. The molecule has 1 aliphatic rings. The minimum Gasteiger partial charge on any atom is -0.494 e. The van der Waals surface area contributed by atoms with Gasteiger partial charge in [-0.05, 0) is 63.4 Å². The van der Waals surface area contributed by atoms with Crippen LogP contribution in [0.5, 0.6) is 5.75 Å². The third kappa shape index (κ3) is 5.84. The number of aliphatic hydroxyl groups excluding tert-OH is 1. The highest BCUT2D eigenvalue weighted by molar-refractivity contribution is 5.90. The fraction of sp³-hybridized carbons (Fsp3) is 0.611. The summed E-state index contributed by atoms with van der Waals surface area (Å²) >= 11 is 0. The highest BCUT2D eigenvalue weighted by atomic mass is 16.5. The number of hydrogen-bond donors (Lipinski definition) is 2. The molecule has 1 aliphatic heterocycles. The number of nitrogens with one attached hydrogen (secondary N) is 1. The second-order valence-corrected chi connectivity index (χ2v) is 5.95. The van der Waals surface area contributed by atoms with Crippen molar-refractivity contribution >= 4 is 11.6 Å². The first-order valence-corrected chi connectivity index (χ1v) is 8.60. The lowest BCUT2D eigenvalue weighted by atomic mass is 10.1. The number of benzene rings is 1. The van der Waals surface area contributed by atoms with Crippen LogP contribution < -0.4 is 10.1 Å². The maximum Gasteiger partial charge on any atom is 0.225 e. The molecule has 0 bridgehead atoms. The second kappa shape index (κ2) is 9.53. The molecule has 0 spiro atoms. The number of hydrogen-bond acceptors (Lipinski definition) is 4. The van der Waals surface area contributed by atoms with Crippen LogP contribution in [0, 0.1) is 0 Å². The third-order valence-electron chi connectivity index (χ3n) is 4.27. The van der Waals surface area contributed by atoms with E-state index < -0.39 is 0 Å². The Morgan fingerprint density at radius 3 is 2.87 bits per heavy atom. The van der Waals surface area contributed by atoms with Crippen LogP contribution in [0.2, 0.25) is 0 Å². The molecule has 1 fully saturated rings. The van der Waals surface area contributed by atoms with Crippen molar-refractivity contribution in [1.82, 2.24) is 4.90 Å². The molecule has 1 heterocycles. The van der Waals surface area contributed by atoms with Crippen molar-refractivity contribution in [2.45, 2.75) is 45.1 Å². The topological polar surface area (TPSA) is 61.8 Å². The zero-order chi connectivity index (χ0) is 16.5. The van der Waals surface area contributed by atoms with Crippen molar-refractivity contribution in [3.63, 3.8) is 0 Å². The van der Waals surface area contributed by atoms with Crippen LogP contribution in [0.15, 0.2) is 24.3 Å². The normalized spacial score (nSPS) is 18.1. The van der Waals surface area contributed by atoms with Gasteiger partial charge in [-0.15, -0.1) is 0 Å². The van der Waals surface area contributed by atoms with Gasteiger partial charge in [0.2, 0.25) is 5.91 Å². The summed E-state index contributed by atoms with van der Waals surface area (Å²) in [4.78, 5) is 14.5. The van der Waals surface area contributed by atoms with E-state index in [2.05, 4.69) is 10.2 Å². The van der Waals surface area contributed by atoms with Crippen LogP contribution in [0.25, 0.3) is 0 Å². The van der Waals surface area contributed by atoms with E-state index >= 15 is 0 Å². The zero-order valence-electron chi connectivity index (χ0n) is 14.0. The van der Waals surface area contributed by atoms with Gasteiger partial charge in [0.1, 0.15) is 5.75 Å². The van der Waals surface area contributed by atoms with Gasteiger partial charge in [-0.3, -0.25) is 9.69 Å². The van der Waals surface area contributed by atoms with Crippen LogP contribution in [0.4, 0.5) is 5.69 Å². The first kappa shape index (κ1) is 17.8. The van der Waals surface area contributed by atoms with Crippen LogP contribution in [0.1, 0.15) is 39.0 Å². The fourth-order valence-corrected chi connectivity index (χ4v) is 3.11. The molecule has 2 N–H and O–H groups in total. The van der Waals surface area contributed by atoms with Crippen molar-refractivity contribution in [1.29, 1.82) is 0 Å². The minimum atomic E-state index is 0.0435. The maximum atomic E-state index is 12.1. The molecule has 1 unspecified atom stereocenters. The predicted molar refractivity (Wildman–Crippen MR) is 91.8 cm³/mol. The van der Waals surface area contributed by atoms with E-state index in [4.69, 9.17) is 9.84 Å². The highest BCUT2D eigenvalue weighted by Gasteiger charge is 2.23. The molecule has 1 atom stereocenters. The molecule has 0 radical (unpaired) electrons. The van der Waals surface area contributed by atoms with Gasteiger partial charge in [-0.25, -0.2) is 0 Å². The summed E-state index contributed by atoms with van der Waals surface area (Å²) in [5.74, 6) is 0.858. The molecule has 0 aromatic heterocycles. The van der Waals surface area contributed by atoms with Gasteiger partial charge < -0.3 is 15.2 Å². The second-order valence-electron chi connectivity index (χ2n) is 5.95. The zero-order valence-corrected chi connectivity index (χ0v) is 14.0. The Bertz CT molecular complexity index is 476. The van der Waals surface area contributed by atoms with E-state index in [0.29, 0.717) is 19.1 Å². The SMILES string of the molecule is CCOc1ccc(NC(=O)CCN2CCCC2CCCO)cc1. The predicted octanol–water partition coefficient (Wildman–Crippen LogP) is 2.65. The molecule has 1 saturated heterocycles. The van der Waals surface area contributed by atoms with Crippen LogP contribution >= 0.6 is 0 Å². The lowest BCUT2D eigenvalue weighted by molar-refractivity contribution is -0.116. The van der Waals surface area contributed by atoms with Gasteiger partial charge in [0.25, 0.3) is 0 Å². The summed E-state index contributed by atoms with van der Waals surface area (Å²) in [6.07, 6.45) is 4.75. The number of aliphatic hydroxyl groups is 1. The largest absolute Gasteiger partial charge is 0.494 e. The minimum absolute atomic E-state index is 0.0435. The number of carbonyl (C=O) groups excluding carboxylic acids is 1. The van der Waals surface area contributed by atoms with Gasteiger partial charge in [-0.1, -0.05) is 0 Å². The Morgan fingerprint density at radius 1 is 1.39 bits per heavy atom. The van der Waals surface area contributed by atoms with Crippen molar-refractivity contribution in [3.05, 3.63) is 24.3 Å². The molecule has 2 rings (SSSR count). The van der Waals surface area contributed by atoms with E-state index in [0.717, 1.165) is 37.4 Å². The summed E-state index contributed by atoms with van der Waals surface area (Å²) in [7, 11) is 0. The van der Waals surface area contributed by atoms with Crippen LogP contribution in [-0.4, -0.2) is 48.3 Å². The first-order valence-electron chi connectivity index (χ1n) is 8.60. The van der Waals surface area contributed by atoms with E-state index in [-0.39, 0.29) is 12.5 Å². The molecule has 128 valence electrons. The molecule has 0 aliphatic carbocycles. The van der Waals surface area contributed by atoms with Crippen molar-refractivity contribution in [2.24, 2.45) is 0 Å².